The summed E-state index contributed by atoms with van der Waals surface area (Å²) in [6.07, 6.45) is 2.77. The molecule has 4 nitrogen and oxygen atoms in total. The van der Waals surface area contributed by atoms with Crippen molar-refractivity contribution in [3.8, 4) is 0 Å². The molecule has 144 valence electrons. The first-order valence-electron chi connectivity index (χ1n) is 9.65. The molecule has 0 unspecified atom stereocenters. The smallest absolute Gasteiger partial charge is 0.254 e. The Morgan fingerprint density at radius 1 is 1.04 bits per heavy atom. The fourth-order valence-electron chi connectivity index (χ4n) is 2.92. The molecule has 0 fully saturated rings. The highest BCUT2D eigenvalue weighted by molar-refractivity contribution is 5.96. The third-order valence-corrected chi connectivity index (χ3v) is 4.88. The molecule has 2 aromatic rings. The molecule has 0 N–H and O–H groups in total. The van der Waals surface area contributed by atoms with E-state index in [0.717, 1.165) is 47.5 Å². The zero-order chi connectivity index (χ0) is 19.8. The summed E-state index contributed by atoms with van der Waals surface area (Å²) < 4.78 is 0. The molecule has 27 heavy (non-hydrogen) atoms. The summed E-state index contributed by atoms with van der Waals surface area (Å²) in [5.74, 6) is 0.0857. The number of benzene rings is 2. The average Bonchev–Trinajstić information content (AvgIpc) is 2.69. The molecule has 0 spiro atoms. The van der Waals surface area contributed by atoms with Gasteiger partial charge >= 0.3 is 0 Å². The van der Waals surface area contributed by atoms with Gasteiger partial charge in [-0.05, 0) is 56.0 Å². The second-order valence-electron chi connectivity index (χ2n) is 6.91. The standard InChI is InChI=1S/C23H31N3O/c1-6-15-26(16-20-11-9-8-10-12-20)23(27)21-13-14-22(19(4)18(21)3)24-17-25(5)7-2/h8-14,17H,6-7,15-16H2,1-5H3. The molecule has 0 aromatic heterocycles. The van der Waals surface area contributed by atoms with Gasteiger partial charge in [-0.1, -0.05) is 37.3 Å². The Hall–Kier alpha value is -2.62. The maximum Gasteiger partial charge on any atom is 0.254 e. The lowest BCUT2D eigenvalue weighted by molar-refractivity contribution is 0.0742. The number of nitrogens with zero attached hydrogens (tertiary/aromatic N) is 3. The van der Waals surface area contributed by atoms with Crippen LogP contribution in [0.2, 0.25) is 0 Å². The second-order valence-corrected chi connectivity index (χ2v) is 6.91. The molecule has 0 aliphatic heterocycles. The van der Waals surface area contributed by atoms with Gasteiger partial charge in [0.2, 0.25) is 0 Å². The minimum atomic E-state index is 0.0857. The largest absolute Gasteiger partial charge is 0.366 e. The van der Waals surface area contributed by atoms with E-state index in [1.165, 1.54) is 0 Å². The predicted molar refractivity (Wildman–Crippen MR) is 114 cm³/mol. The van der Waals surface area contributed by atoms with E-state index in [4.69, 9.17) is 0 Å². The van der Waals surface area contributed by atoms with Crippen molar-refractivity contribution in [1.29, 1.82) is 0 Å². The van der Waals surface area contributed by atoms with E-state index in [1.807, 2.05) is 67.4 Å². The zero-order valence-electron chi connectivity index (χ0n) is 17.2. The maximum atomic E-state index is 13.2. The van der Waals surface area contributed by atoms with Gasteiger partial charge in [0, 0.05) is 32.2 Å². The third-order valence-electron chi connectivity index (χ3n) is 4.88. The lowest BCUT2D eigenvalue weighted by atomic mass is 10.00. The van der Waals surface area contributed by atoms with Gasteiger partial charge in [0.05, 0.1) is 12.0 Å². The highest BCUT2D eigenvalue weighted by Crippen LogP contribution is 2.26. The van der Waals surface area contributed by atoms with Crippen molar-refractivity contribution in [1.82, 2.24) is 9.80 Å². The van der Waals surface area contributed by atoms with Gasteiger partial charge in [0.15, 0.2) is 0 Å². The summed E-state index contributed by atoms with van der Waals surface area (Å²) in [5, 5.41) is 0. The summed E-state index contributed by atoms with van der Waals surface area (Å²) in [7, 11) is 2.00. The average molecular weight is 366 g/mol. The van der Waals surface area contributed by atoms with Crippen LogP contribution in [0, 0.1) is 13.8 Å². The summed E-state index contributed by atoms with van der Waals surface area (Å²) in [6.45, 7) is 10.5. The van der Waals surface area contributed by atoms with Crippen molar-refractivity contribution in [3.63, 3.8) is 0 Å². The Morgan fingerprint density at radius 2 is 1.74 bits per heavy atom. The Labute approximate surface area is 163 Å². The number of hydrogen-bond acceptors (Lipinski definition) is 2. The molecule has 0 aliphatic carbocycles. The van der Waals surface area contributed by atoms with E-state index < -0.39 is 0 Å². The van der Waals surface area contributed by atoms with Gasteiger partial charge in [-0.3, -0.25) is 4.79 Å². The summed E-state index contributed by atoms with van der Waals surface area (Å²) in [5.41, 5.74) is 4.88. The second kappa shape index (κ2) is 9.91. The number of carbonyl (C=O) groups is 1. The minimum Gasteiger partial charge on any atom is -0.366 e. The highest BCUT2D eigenvalue weighted by atomic mass is 16.2. The van der Waals surface area contributed by atoms with Crippen molar-refractivity contribution < 1.29 is 4.79 Å². The summed E-state index contributed by atoms with van der Waals surface area (Å²) in [6, 6.07) is 14.0. The Bertz CT molecular complexity index is 784. The zero-order valence-corrected chi connectivity index (χ0v) is 17.2. The molecular formula is C23H31N3O. The Kier molecular flexibility index (Phi) is 7.59. The van der Waals surface area contributed by atoms with Crippen LogP contribution in [0.1, 0.15) is 47.3 Å². The maximum absolute atomic E-state index is 13.2. The van der Waals surface area contributed by atoms with Crippen molar-refractivity contribution in [2.24, 2.45) is 4.99 Å². The van der Waals surface area contributed by atoms with Crippen LogP contribution in [0.25, 0.3) is 0 Å². The van der Waals surface area contributed by atoms with E-state index in [9.17, 15) is 4.79 Å². The van der Waals surface area contributed by atoms with Crippen molar-refractivity contribution >= 4 is 17.9 Å². The van der Waals surface area contributed by atoms with Gasteiger partial charge in [-0.25, -0.2) is 4.99 Å². The van der Waals surface area contributed by atoms with E-state index in [2.05, 4.69) is 31.0 Å². The number of rotatable bonds is 8. The fourth-order valence-corrected chi connectivity index (χ4v) is 2.92. The topological polar surface area (TPSA) is 35.9 Å². The van der Waals surface area contributed by atoms with Crippen LogP contribution in [0.15, 0.2) is 47.5 Å². The SMILES string of the molecule is CCCN(Cc1ccccc1)C(=O)c1ccc(N=CN(C)CC)c(C)c1C. The van der Waals surface area contributed by atoms with Gasteiger partial charge in [0.25, 0.3) is 5.91 Å². The predicted octanol–water partition coefficient (Wildman–Crippen LogP) is 4.97. The monoisotopic (exact) mass is 365 g/mol. The third kappa shape index (κ3) is 5.43. The molecule has 2 aromatic carbocycles. The van der Waals surface area contributed by atoms with Gasteiger partial charge in [0.1, 0.15) is 0 Å². The van der Waals surface area contributed by atoms with Crippen LogP contribution < -0.4 is 0 Å². The normalized spacial score (nSPS) is 11.0. The van der Waals surface area contributed by atoms with Gasteiger partial charge < -0.3 is 9.80 Å². The van der Waals surface area contributed by atoms with E-state index in [1.54, 1.807) is 0 Å². The van der Waals surface area contributed by atoms with Crippen LogP contribution in [0.5, 0.6) is 0 Å². The molecule has 4 heteroatoms. The molecule has 0 aliphatic rings. The first kappa shape index (κ1) is 20.7. The van der Waals surface area contributed by atoms with Crippen LogP contribution in [-0.2, 0) is 6.54 Å². The quantitative estimate of drug-likeness (QED) is 0.489. The molecule has 0 saturated carbocycles. The lowest BCUT2D eigenvalue weighted by Crippen LogP contribution is -2.31. The Morgan fingerprint density at radius 3 is 2.37 bits per heavy atom. The molecule has 0 atom stereocenters. The molecule has 0 radical (unpaired) electrons. The van der Waals surface area contributed by atoms with Crippen LogP contribution in [-0.4, -0.2) is 42.2 Å². The van der Waals surface area contributed by atoms with Gasteiger partial charge in [-0.15, -0.1) is 0 Å². The fraction of sp³-hybridized carbons (Fsp3) is 0.391. The molecule has 0 heterocycles. The van der Waals surface area contributed by atoms with E-state index >= 15 is 0 Å². The van der Waals surface area contributed by atoms with Crippen LogP contribution >= 0.6 is 0 Å². The van der Waals surface area contributed by atoms with Gasteiger partial charge in [-0.2, -0.15) is 0 Å². The van der Waals surface area contributed by atoms with Crippen molar-refractivity contribution in [3.05, 3.63) is 64.7 Å². The Balaban J connectivity index is 2.27. The number of aliphatic imine (C=N–C) groups is 1. The molecule has 0 bridgehead atoms. The molecule has 1 amide bonds. The molecular weight excluding hydrogens is 334 g/mol. The van der Waals surface area contributed by atoms with E-state index in [-0.39, 0.29) is 5.91 Å². The number of amides is 1. The van der Waals surface area contributed by atoms with Crippen molar-refractivity contribution in [2.45, 2.75) is 40.7 Å². The van der Waals surface area contributed by atoms with Crippen LogP contribution in [0.4, 0.5) is 5.69 Å². The summed E-state index contributed by atoms with van der Waals surface area (Å²) >= 11 is 0. The molecule has 0 saturated heterocycles. The highest BCUT2D eigenvalue weighted by Gasteiger charge is 2.19. The number of hydrogen-bond donors (Lipinski definition) is 0. The first-order valence-corrected chi connectivity index (χ1v) is 9.65. The molecule has 2 rings (SSSR count). The first-order chi connectivity index (χ1) is 13.0. The van der Waals surface area contributed by atoms with E-state index in [0.29, 0.717) is 6.54 Å². The number of carbonyl (C=O) groups excluding carboxylic acids is 1. The lowest BCUT2D eigenvalue weighted by Gasteiger charge is -2.24. The minimum absolute atomic E-state index is 0.0857. The van der Waals surface area contributed by atoms with Crippen molar-refractivity contribution in [2.75, 3.05) is 20.1 Å². The van der Waals surface area contributed by atoms with Crippen LogP contribution in [0.3, 0.4) is 0 Å². The summed E-state index contributed by atoms with van der Waals surface area (Å²) in [4.78, 5) is 21.7.